The van der Waals surface area contributed by atoms with E-state index in [1.165, 1.54) is 25.3 Å². The third kappa shape index (κ3) is 5.22. The maximum atomic E-state index is 14.2. The lowest BCUT2D eigenvalue weighted by molar-refractivity contribution is -0.123. The minimum Gasteiger partial charge on any atom is -0.493 e. The van der Waals surface area contributed by atoms with Crippen molar-refractivity contribution in [1.82, 2.24) is 4.90 Å². The Bertz CT molecular complexity index is 1260. The first kappa shape index (κ1) is 24.1. The van der Waals surface area contributed by atoms with Gasteiger partial charge in [-0.3, -0.25) is 14.5 Å². The standard InChI is InChI=1S/C25H18Cl2FNO4S/c1-32-21-7-2-4-16(23(21)33-14-15-8-10-17(26)11-9-15)12-22-24(30)29(25(31)34-22)13-18-19(27)5-3-6-20(18)28/h2-12H,13-14H2,1H3/b22-12+. The monoisotopic (exact) mass is 517 g/mol. The third-order valence-electron chi connectivity index (χ3n) is 5.06. The summed E-state index contributed by atoms with van der Waals surface area (Å²) in [6.07, 6.45) is 1.56. The fourth-order valence-electron chi connectivity index (χ4n) is 3.32. The molecule has 9 heteroatoms. The number of methoxy groups -OCH3 is 1. The largest absolute Gasteiger partial charge is 0.493 e. The zero-order valence-electron chi connectivity index (χ0n) is 17.9. The van der Waals surface area contributed by atoms with E-state index in [0.717, 1.165) is 22.2 Å². The van der Waals surface area contributed by atoms with Crippen LogP contribution in [0.3, 0.4) is 0 Å². The third-order valence-corrected chi connectivity index (χ3v) is 6.58. The Labute approximate surface area is 210 Å². The van der Waals surface area contributed by atoms with Gasteiger partial charge in [-0.25, -0.2) is 4.39 Å². The molecule has 1 saturated heterocycles. The molecule has 1 fully saturated rings. The molecule has 0 bridgehead atoms. The number of hydrogen-bond donors (Lipinski definition) is 0. The summed E-state index contributed by atoms with van der Waals surface area (Å²) >= 11 is 12.8. The summed E-state index contributed by atoms with van der Waals surface area (Å²) in [4.78, 5) is 26.7. The molecule has 0 aromatic heterocycles. The second-order valence-electron chi connectivity index (χ2n) is 7.26. The van der Waals surface area contributed by atoms with Crippen molar-refractivity contribution < 1.29 is 23.5 Å². The Kier molecular flexibility index (Phi) is 7.46. The number of para-hydroxylation sites is 1. The molecule has 4 rings (SSSR count). The molecule has 0 saturated carbocycles. The fraction of sp³-hybridized carbons (Fsp3) is 0.120. The van der Waals surface area contributed by atoms with Gasteiger partial charge in [-0.05, 0) is 53.7 Å². The molecule has 5 nitrogen and oxygen atoms in total. The second-order valence-corrected chi connectivity index (χ2v) is 9.10. The maximum absolute atomic E-state index is 14.2. The number of imide groups is 1. The van der Waals surface area contributed by atoms with Crippen LogP contribution in [0, 0.1) is 5.82 Å². The highest BCUT2D eigenvalue weighted by atomic mass is 35.5. The van der Waals surface area contributed by atoms with Crippen molar-refractivity contribution in [3.63, 3.8) is 0 Å². The SMILES string of the molecule is COc1cccc(/C=C2/SC(=O)N(Cc3c(F)cccc3Cl)C2=O)c1OCc1ccc(Cl)cc1. The number of carbonyl (C=O) groups is 2. The number of nitrogens with zero attached hydrogens (tertiary/aromatic N) is 1. The van der Waals surface area contributed by atoms with Crippen molar-refractivity contribution in [2.45, 2.75) is 13.2 Å². The summed E-state index contributed by atoms with van der Waals surface area (Å²) in [7, 11) is 1.51. The van der Waals surface area contributed by atoms with Crippen molar-refractivity contribution >= 4 is 52.2 Å². The Morgan fingerprint density at radius 1 is 1.03 bits per heavy atom. The highest BCUT2D eigenvalue weighted by Gasteiger charge is 2.36. The molecule has 174 valence electrons. The van der Waals surface area contributed by atoms with E-state index in [0.29, 0.717) is 22.1 Å². The quantitative estimate of drug-likeness (QED) is 0.317. The zero-order chi connectivity index (χ0) is 24.2. The van der Waals surface area contributed by atoms with Crippen LogP contribution in [0.4, 0.5) is 9.18 Å². The molecule has 1 heterocycles. The molecule has 1 aliphatic heterocycles. The van der Waals surface area contributed by atoms with Crippen LogP contribution in [0.25, 0.3) is 6.08 Å². The van der Waals surface area contributed by atoms with Gasteiger partial charge in [0.1, 0.15) is 12.4 Å². The first-order chi connectivity index (χ1) is 16.4. The predicted molar refractivity (Wildman–Crippen MR) is 132 cm³/mol. The summed E-state index contributed by atoms with van der Waals surface area (Å²) in [5, 5.41) is 0.255. The van der Waals surface area contributed by atoms with E-state index in [1.807, 2.05) is 12.1 Å². The second kappa shape index (κ2) is 10.5. The van der Waals surface area contributed by atoms with E-state index in [9.17, 15) is 14.0 Å². The van der Waals surface area contributed by atoms with Crippen LogP contribution in [0.15, 0.2) is 65.6 Å². The molecule has 0 unspecified atom stereocenters. The predicted octanol–water partition coefficient (Wildman–Crippen LogP) is 6.96. The zero-order valence-corrected chi connectivity index (χ0v) is 20.2. The number of hydrogen-bond acceptors (Lipinski definition) is 5. The molecule has 3 aromatic carbocycles. The number of ether oxygens (including phenoxy) is 2. The molecule has 1 aliphatic rings. The molecular formula is C25H18Cl2FNO4S. The van der Waals surface area contributed by atoms with Crippen LogP contribution in [-0.4, -0.2) is 23.2 Å². The Morgan fingerprint density at radius 2 is 1.76 bits per heavy atom. The average Bonchev–Trinajstić information content (AvgIpc) is 3.08. The van der Waals surface area contributed by atoms with E-state index >= 15 is 0 Å². The Hall–Kier alpha value is -3.00. The minimum absolute atomic E-state index is 0.0843. The van der Waals surface area contributed by atoms with Gasteiger partial charge in [-0.15, -0.1) is 0 Å². The maximum Gasteiger partial charge on any atom is 0.293 e. The van der Waals surface area contributed by atoms with E-state index in [4.69, 9.17) is 32.7 Å². The molecule has 2 amide bonds. The first-order valence-electron chi connectivity index (χ1n) is 10.1. The summed E-state index contributed by atoms with van der Waals surface area (Å²) in [5.74, 6) is -0.231. The number of thioether (sulfide) groups is 1. The molecule has 34 heavy (non-hydrogen) atoms. The van der Waals surface area contributed by atoms with E-state index in [-0.39, 0.29) is 28.6 Å². The number of carbonyl (C=O) groups excluding carboxylic acids is 2. The highest BCUT2D eigenvalue weighted by molar-refractivity contribution is 8.18. The van der Waals surface area contributed by atoms with Gasteiger partial charge < -0.3 is 9.47 Å². The van der Waals surface area contributed by atoms with Gasteiger partial charge in [0.15, 0.2) is 11.5 Å². The minimum atomic E-state index is -0.582. The van der Waals surface area contributed by atoms with E-state index in [2.05, 4.69) is 0 Å². The molecular weight excluding hydrogens is 500 g/mol. The molecule has 0 radical (unpaired) electrons. The summed E-state index contributed by atoms with van der Waals surface area (Å²) in [6, 6.07) is 16.7. The molecule has 3 aromatic rings. The first-order valence-corrected chi connectivity index (χ1v) is 11.7. The van der Waals surface area contributed by atoms with Gasteiger partial charge in [0.05, 0.1) is 18.6 Å². The van der Waals surface area contributed by atoms with Crippen LogP contribution >= 0.6 is 35.0 Å². The van der Waals surface area contributed by atoms with E-state index in [1.54, 1.807) is 36.4 Å². The van der Waals surface area contributed by atoms with Crippen molar-refractivity contribution in [1.29, 1.82) is 0 Å². The summed E-state index contributed by atoms with van der Waals surface area (Å²) < 4.78 is 25.6. The van der Waals surface area contributed by atoms with Gasteiger partial charge in [0.2, 0.25) is 0 Å². The van der Waals surface area contributed by atoms with Gasteiger partial charge >= 0.3 is 0 Å². The van der Waals surface area contributed by atoms with E-state index < -0.39 is 17.0 Å². The molecule has 0 N–H and O–H groups in total. The fourth-order valence-corrected chi connectivity index (χ4v) is 4.49. The Morgan fingerprint density at radius 3 is 2.47 bits per heavy atom. The number of benzene rings is 3. The van der Waals surface area contributed by atoms with Crippen molar-refractivity contribution in [3.8, 4) is 11.5 Å². The molecule has 0 spiro atoms. The number of amides is 2. The van der Waals surface area contributed by atoms with Gasteiger partial charge in [-0.1, -0.05) is 53.5 Å². The Balaban J connectivity index is 1.60. The lowest BCUT2D eigenvalue weighted by atomic mass is 10.1. The van der Waals surface area contributed by atoms with Crippen molar-refractivity contribution in [2.24, 2.45) is 0 Å². The average molecular weight is 518 g/mol. The van der Waals surface area contributed by atoms with Crippen LogP contribution in [0.5, 0.6) is 11.5 Å². The topological polar surface area (TPSA) is 55.8 Å². The summed E-state index contributed by atoms with van der Waals surface area (Å²) in [6.45, 7) is -0.0167. The van der Waals surface area contributed by atoms with Crippen LogP contribution in [-0.2, 0) is 17.9 Å². The van der Waals surface area contributed by atoms with Crippen LogP contribution < -0.4 is 9.47 Å². The summed E-state index contributed by atoms with van der Waals surface area (Å²) in [5.41, 5.74) is 1.53. The lowest BCUT2D eigenvalue weighted by Gasteiger charge is -2.15. The van der Waals surface area contributed by atoms with Gasteiger partial charge in [0.25, 0.3) is 11.1 Å². The smallest absolute Gasteiger partial charge is 0.293 e. The highest BCUT2D eigenvalue weighted by Crippen LogP contribution is 2.38. The van der Waals surface area contributed by atoms with Crippen molar-refractivity contribution in [3.05, 3.63) is 98.1 Å². The lowest BCUT2D eigenvalue weighted by Crippen LogP contribution is -2.28. The van der Waals surface area contributed by atoms with Gasteiger partial charge in [-0.2, -0.15) is 0 Å². The van der Waals surface area contributed by atoms with Crippen molar-refractivity contribution in [2.75, 3.05) is 7.11 Å². The number of rotatable bonds is 7. The normalized spacial score (nSPS) is 14.7. The molecule has 0 aliphatic carbocycles. The number of halogens is 3. The molecule has 0 atom stereocenters. The van der Waals surface area contributed by atoms with Gasteiger partial charge in [0, 0.05) is 21.2 Å². The van der Waals surface area contributed by atoms with Crippen LogP contribution in [0.1, 0.15) is 16.7 Å². The van der Waals surface area contributed by atoms with Crippen LogP contribution in [0.2, 0.25) is 10.0 Å².